The van der Waals surface area contributed by atoms with Gasteiger partial charge in [-0.15, -0.1) is 0 Å². The summed E-state index contributed by atoms with van der Waals surface area (Å²) < 4.78 is 2.12. The number of hydrogen-bond acceptors (Lipinski definition) is 2. The molecular formula is C14H25N3. The van der Waals surface area contributed by atoms with E-state index >= 15 is 0 Å². The van der Waals surface area contributed by atoms with Crippen molar-refractivity contribution in [2.45, 2.75) is 66.0 Å². The topological polar surface area (TPSA) is 29.9 Å². The van der Waals surface area contributed by atoms with Crippen molar-refractivity contribution in [1.82, 2.24) is 9.78 Å². The Kier molecular flexibility index (Phi) is 3.45. The third-order valence-electron chi connectivity index (χ3n) is 4.01. The van der Waals surface area contributed by atoms with Crippen LogP contribution in [-0.2, 0) is 0 Å². The highest BCUT2D eigenvalue weighted by Crippen LogP contribution is 2.31. The minimum Gasteiger partial charge on any atom is -0.379 e. The third-order valence-corrected chi connectivity index (χ3v) is 4.01. The Morgan fingerprint density at radius 3 is 2.47 bits per heavy atom. The van der Waals surface area contributed by atoms with E-state index in [4.69, 9.17) is 0 Å². The van der Waals surface area contributed by atoms with Crippen LogP contribution in [0.2, 0.25) is 0 Å². The number of aromatic nitrogens is 2. The minimum absolute atomic E-state index is 0.435. The lowest BCUT2D eigenvalue weighted by atomic mass is 10.1. The second kappa shape index (κ2) is 4.71. The molecule has 3 nitrogen and oxygen atoms in total. The lowest BCUT2D eigenvalue weighted by Gasteiger charge is -2.19. The summed E-state index contributed by atoms with van der Waals surface area (Å²) in [5, 5.41) is 8.35. The molecule has 3 heteroatoms. The van der Waals surface area contributed by atoms with Crippen LogP contribution in [0.3, 0.4) is 0 Å². The Bertz CT molecular complexity index is 392. The number of hydrogen-bond donors (Lipinski definition) is 1. The fourth-order valence-electron chi connectivity index (χ4n) is 2.92. The molecule has 0 radical (unpaired) electrons. The van der Waals surface area contributed by atoms with Gasteiger partial charge in [-0.25, -0.2) is 0 Å². The van der Waals surface area contributed by atoms with Crippen LogP contribution in [0.4, 0.5) is 5.69 Å². The zero-order valence-corrected chi connectivity index (χ0v) is 11.7. The molecule has 1 aromatic rings. The highest BCUT2D eigenvalue weighted by Gasteiger charge is 2.25. The molecule has 1 aliphatic carbocycles. The lowest BCUT2D eigenvalue weighted by molar-refractivity contribution is 0.516. The second-order valence-corrected chi connectivity index (χ2v) is 5.74. The second-order valence-electron chi connectivity index (χ2n) is 5.74. The maximum Gasteiger partial charge on any atom is 0.0828 e. The Hall–Kier alpha value is -0.990. The molecular weight excluding hydrogens is 210 g/mol. The molecule has 1 fully saturated rings. The fraction of sp³-hybridized carbons (Fsp3) is 0.786. The van der Waals surface area contributed by atoms with Gasteiger partial charge in [-0.2, -0.15) is 5.10 Å². The van der Waals surface area contributed by atoms with E-state index < -0.39 is 0 Å². The van der Waals surface area contributed by atoms with Crippen LogP contribution < -0.4 is 5.32 Å². The molecule has 1 aromatic heterocycles. The predicted octanol–water partition coefficient (Wildman–Crippen LogP) is 3.68. The highest BCUT2D eigenvalue weighted by atomic mass is 15.3. The van der Waals surface area contributed by atoms with Crippen LogP contribution >= 0.6 is 0 Å². The van der Waals surface area contributed by atoms with Gasteiger partial charge in [0.2, 0.25) is 0 Å². The highest BCUT2D eigenvalue weighted by molar-refractivity contribution is 5.53. The van der Waals surface area contributed by atoms with Gasteiger partial charge in [-0.05, 0) is 46.5 Å². The first kappa shape index (κ1) is 12.5. The molecule has 0 amide bonds. The monoisotopic (exact) mass is 235 g/mol. The number of anilines is 1. The third kappa shape index (κ3) is 2.33. The molecule has 0 spiro atoms. The molecule has 0 saturated heterocycles. The molecule has 96 valence electrons. The van der Waals surface area contributed by atoms with Crippen LogP contribution in [0.5, 0.6) is 0 Å². The number of aryl methyl sites for hydroxylation is 1. The summed E-state index contributed by atoms with van der Waals surface area (Å²) in [6, 6.07) is 1.07. The molecule has 2 rings (SSSR count). The van der Waals surface area contributed by atoms with E-state index in [-0.39, 0.29) is 0 Å². The Morgan fingerprint density at radius 1 is 1.29 bits per heavy atom. The molecule has 1 aliphatic rings. The van der Waals surface area contributed by atoms with Crippen molar-refractivity contribution in [3.8, 4) is 0 Å². The molecule has 1 heterocycles. The van der Waals surface area contributed by atoms with Gasteiger partial charge in [0.05, 0.1) is 17.1 Å². The van der Waals surface area contributed by atoms with Gasteiger partial charge in [-0.3, -0.25) is 4.68 Å². The Balaban J connectivity index is 2.20. The van der Waals surface area contributed by atoms with Crippen LogP contribution in [0.15, 0.2) is 0 Å². The minimum atomic E-state index is 0.435. The van der Waals surface area contributed by atoms with Gasteiger partial charge in [0.25, 0.3) is 0 Å². The number of nitrogens with one attached hydrogen (secondary N) is 1. The molecule has 0 aromatic carbocycles. The van der Waals surface area contributed by atoms with Gasteiger partial charge in [0, 0.05) is 12.1 Å². The fourth-order valence-corrected chi connectivity index (χ4v) is 2.92. The SMILES string of the molecule is Cc1nn(C(C)C)c(C)c1NC1CCCC1C. The van der Waals surface area contributed by atoms with E-state index in [2.05, 4.69) is 49.7 Å². The van der Waals surface area contributed by atoms with E-state index in [1.54, 1.807) is 0 Å². The van der Waals surface area contributed by atoms with Gasteiger partial charge < -0.3 is 5.32 Å². The maximum atomic E-state index is 4.63. The smallest absolute Gasteiger partial charge is 0.0828 e. The van der Waals surface area contributed by atoms with Gasteiger partial charge >= 0.3 is 0 Å². The standard InChI is InChI=1S/C14H25N3/c1-9(2)17-12(5)14(11(4)16-17)15-13-8-6-7-10(13)3/h9-10,13,15H,6-8H2,1-5H3. The zero-order chi connectivity index (χ0) is 12.6. The molecule has 2 atom stereocenters. The van der Waals surface area contributed by atoms with Crippen molar-refractivity contribution in [1.29, 1.82) is 0 Å². The van der Waals surface area contributed by atoms with Crippen LogP contribution in [-0.4, -0.2) is 15.8 Å². The molecule has 0 bridgehead atoms. The summed E-state index contributed by atoms with van der Waals surface area (Å²) in [6.45, 7) is 11.0. The lowest BCUT2D eigenvalue weighted by Crippen LogP contribution is -2.22. The predicted molar refractivity (Wildman–Crippen MR) is 72.5 cm³/mol. The van der Waals surface area contributed by atoms with Gasteiger partial charge in [-0.1, -0.05) is 13.3 Å². The summed E-state index contributed by atoms with van der Waals surface area (Å²) in [5.41, 5.74) is 3.67. The van der Waals surface area contributed by atoms with Crippen molar-refractivity contribution < 1.29 is 0 Å². The van der Waals surface area contributed by atoms with E-state index in [0.29, 0.717) is 12.1 Å². The molecule has 0 aliphatic heterocycles. The van der Waals surface area contributed by atoms with Crippen molar-refractivity contribution in [2.24, 2.45) is 5.92 Å². The van der Waals surface area contributed by atoms with Gasteiger partial charge in [0.15, 0.2) is 0 Å². The Morgan fingerprint density at radius 2 is 2.00 bits per heavy atom. The van der Waals surface area contributed by atoms with E-state index in [9.17, 15) is 0 Å². The molecule has 2 unspecified atom stereocenters. The van der Waals surface area contributed by atoms with E-state index in [0.717, 1.165) is 11.6 Å². The van der Waals surface area contributed by atoms with E-state index in [1.807, 2.05) is 0 Å². The molecule has 17 heavy (non-hydrogen) atoms. The first-order chi connectivity index (χ1) is 8.00. The van der Waals surface area contributed by atoms with Crippen LogP contribution in [0, 0.1) is 19.8 Å². The number of nitrogens with zero attached hydrogens (tertiary/aromatic N) is 2. The largest absolute Gasteiger partial charge is 0.379 e. The summed E-state index contributed by atoms with van der Waals surface area (Å²) >= 11 is 0. The summed E-state index contributed by atoms with van der Waals surface area (Å²) in [5.74, 6) is 0.788. The van der Waals surface area contributed by atoms with Crippen molar-refractivity contribution >= 4 is 5.69 Å². The maximum absolute atomic E-state index is 4.63. The van der Waals surface area contributed by atoms with Crippen LogP contribution in [0.1, 0.15) is 57.5 Å². The van der Waals surface area contributed by atoms with E-state index in [1.165, 1.54) is 30.6 Å². The zero-order valence-electron chi connectivity index (χ0n) is 11.7. The Labute approximate surface area is 105 Å². The normalized spacial score (nSPS) is 24.6. The first-order valence-corrected chi connectivity index (χ1v) is 6.83. The summed E-state index contributed by atoms with van der Waals surface area (Å²) in [4.78, 5) is 0. The average Bonchev–Trinajstić information content (AvgIpc) is 2.77. The summed E-state index contributed by atoms with van der Waals surface area (Å²) in [7, 11) is 0. The average molecular weight is 235 g/mol. The number of rotatable bonds is 3. The van der Waals surface area contributed by atoms with Crippen molar-refractivity contribution in [2.75, 3.05) is 5.32 Å². The van der Waals surface area contributed by atoms with Crippen LogP contribution in [0.25, 0.3) is 0 Å². The molecule has 1 N–H and O–H groups in total. The van der Waals surface area contributed by atoms with Crippen molar-refractivity contribution in [3.63, 3.8) is 0 Å². The first-order valence-electron chi connectivity index (χ1n) is 6.83. The quantitative estimate of drug-likeness (QED) is 0.866. The summed E-state index contributed by atoms with van der Waals surface area (Å²) in [6.07, 6.45) is 4.01. The molecule has 1 saturated carbocycles. The van der Waals surface area contributed by atoms with Gasteiger partial charge in [0.1, 0.15) is 0 Å². The van der Waals surface area contributed by atoms with Crippen molar-refractivity contribution in [3.05, 3.63) is 11.4 Å².